The summed E-state index contributed by atoms with van der Waals surface area (Å²) in [6.07, 6.45) is -4.68. The highest BCUT2D eigenvalue weighted by Crippen LogP contribution is 2.30. The number of aromatic nitrogens is 3. The Morgan fingerprint density at radius 1 is 1.30 bits per heavy atom. The molecule has 1 aromatic rings. The molecule has 0 aliphatic carbocycles. The Kier molecular flexibility index (Phi) is 5.40. The summed E-state index contributed by atoms with van der Waals surface area (Å²) in [5.74, 6) is 3.95. The third-order valence-electron chi connectivity index (χ3n) is 3.68. The minimum atomic E-state index is -4.68. The van der Waals surface area contributed by atoms with E-state index in [1.807, 2.05) is 0 Å². The van der Waals surface area contributed by atoms with Crippen LogP contribution in [0.3, 0.4) is 0 Å². The molecular weight excluding hydrogens is 333 g/mol. The monoisotopic (exact) mass is 352 g/mol. The fraction of sp³-hybridized carbons (Fsp3) is 0.750. The summed E-state index contributed by atoms with van der Waals surface area (Å²) >= 11 is 0.875. The van der Waals surface area contributed by atoms with Crippen molar-refractivity contribution in [3.05, 3.63) is 5.82 Å². The number of piperazine rings is 1. The van der Waals surface area contributed by atoms with Crippen molar-refractivity contribution in [2.45, 2.75) is 30.4 Å². The predicted molar refractivity (Wildman–Crippen MR) is 79.2 cm³/mol. The molecule has 130 valence electrons. The zero-order chi connectivity index (χ0) is 17.2. The molecule has 1 fully saturated rings. The number of thioether (sulfide) groups is 1. The van der Waals surface area contributed by atoms with Gasteiger partial charge in [-0.15, -0.1) is 10.2 Å². The lowest BCUT2D eigenvalue weighted by Crippen LogP contribution is -2.50. The van der Waals surface area contributed by atoms with Gasteiger partial charge in [0.15, 0.2) is 0 Å². The van der Waals surface area contributed by atoms with Gasteiger partial charge in [-0.1, -0.05) is 18.7 Å². The van der Waals surface area contributed by atoms with Gasteiger partial charge in [-0.25, -0.2) is 4.68 Å². The summed E-state index contributed by atoms with van der Waals surface area (Å²) in [5, 5.41) is 5.75. The highest BCUT2D eigenvalue weighted by atomic mass is 32.2. The lowest BCUT2D eigenvalue weighted by atomic mass is 10.3. The minimum absolute atomic E-state index is 0.134. The number of hydrogen-bond donors (Lipinski definition) is 1. The van der Waals surface area contributed by atoms with Crippen molar-refractivity contribution in [1.29, 1.82) is 0 Å². The molecule has 7 nitrogen and oxygen atoms in total. The van der Waals surface area contributed by atoms with Crippen molar-refractivity contribution in [3.8, 4) is 0 Å². The van der Waals surface area contributed by atoms with Gasteiger partial charge in [0.25, 0.3) is 5.82 Å². The maximum Gasteiger partial charge on any atom is 0.453 e. The van der Waals surface area contributed by atoms with E-state index in [2.05, 4.69) is 22.0 Å². The molecule has 1 aliphatic heterocycles. The molecule has 1 aromatic heterocycles. The van der Waals surface area contributed by atoms with Crippen LogP contribution in [0.5, 0.6) is 0 Å². The predicted octanol–water partition coefficient (Wildman–Crippen LogP) is 0.655. The largest absolute Gasteiger partial charge is 0.453 e. The molecule has 1 amide bonds. The summed E-state index contributed by atoms with van der Waals surface area (Å²) in [4.78, 5) is 16.3. The normalized spacial score (nSPS) is 18.2. The number of alkyl halides is 3. The summed E-state index contributed by atoms with van der Waals surface area (Å²) < 4.78 is 38.3. The van der Waals surface area contributed by atoms with Crippen LogP contribution in [-0.4, -0.2) is 68.6 Å². The fourth-order valence-electron chi connectivity index (χ4n) is 2.30. The highest BCUT2D eigenvalue weighted by molar-refractivity contribution is 8.00. The molecule has 2 N–H and O–H groups in total. The molecule has 0 spiro atoms. The van der Waals surface area contributed by atoms with Crippen LogP contribution in [0.4, 0.5) is 13.2 Å². The van der Waals surface area contributed by atoms with E-state index in [1.165, 1.54) is 0 Å². The first-order valence-corrected chi connectivity index (χ1v) is 8.07. The van der Waals surface area contributed by atoms with Crippen LogP contribution in [0.1, 0.15) is 19.7 Å². The molecule has 23 heavy (non-hydrogen) atoms. The zero-order valence-corrected chi connectivity index (χ0v) is 13.7. The van der Waals surface area contributed by atoms with Crippen LogP contribution in [-0.2, 0) is 11.0 Å². The van der Waals surface area contributed by atoms with Gasteiger partial charge in [0.2, 0.25) is 11.1 Å². The van der Waals surface area contributed by atoms with E-state index < -0.39 is 17.3 Å². The van der Waals surface area contributed by atoms with Crippen LogP contribution < -0.4 is 5.84 Å². The van der Waals surface area contributed by atoms with E-state index in [9.17, 15) is 18.0 Å². The minimum Gasteiger partial charge on any atom is -0.339 e. The number of carbonyl (C=O) groups is 1. The Bertz CT molecular complexity index is 555. The van der Waals surface area contributed by atoms with E-state index >= 15 is 0 Å². The van der Waals surface area contributed by atoms with Crippen molar-refractivity contribution in [1.82, 2.24) is 24.7 Å². The number of halogens is 3. The van der Waals surface area contributed by atoms with E-state index in [0.29, 0.717) is 17.8 Å². The van der Waals surface area contributed by atoms with Crippen molar-refractivity contribution >= 4 is 17.7 Å². The van der Waals surface area contributed by atoms with Gasteiger partial charge in [0.05, 0.1) is 5.25 Å². The molecule has 1 atom stereocenters. The number of rotatable bonds is 4. The summed E-state index contributed by atoms with van der Waals surface area (Å²) in [7, 11) is 0. The Balaban J connectivity index is 1.98. The van der Waals surface area contributed by atoms with Crippen LogP contribution in [0.25, 0.3) is 0 Å². The lowest BCUT2D eigenvalue weighted by Gasteiger charge is -2.35. The van der Waals surface area contributed by atoms with Gasteiger partial charge in [-0.2, -0.15) is 13.2 Å². The zero-order valence-electron chi connectivity index (χ0n) is 12.9. The first kappa shape index (κ1) is 17.9. The molecule has 1 saturated heterocycles. The molecule has 2 heterocycles. The number of nitrogens with two attached hydrogens (primary N) is 1. The molecule has 1 aliphatic rings. The number of carbonyl (C=O) groups excluding carboxylic acids is 1. The van der Waals surface area contributed by atoms with E-state index in [1.54, 1.807) is 11.8 Å². The molecule has 11 heteroatoms. The van der Waals surface area contributed by atoms with Crippen molar-refractivity contribution in [2.24, 2.45) is 0 Å². The quantitative estimate of drug-likeness (QED) is 0.633. The number of nitrogens with zero attached hydrogens (tertiary/aromatic N) is 5. The summed E-state index contributed by atoms with van der Waals surface area (Å²) in [6.45, 7) is 7.43. The molecule has 1 unspecified atom stereocenters. The van der Waals surface area contributed by atoms with E-state index in [0.717, 1.165) is 31.4 Å². The van der Waals surface area contributed by atoms with Crippen LogP contribution in [0.2, 0.25) is 0 Å². The third-order valence-corrected chi connectivity index (χ3v) is 4.72. The number of nitrogen functional groups attached to an aromatic ring is 1. The topological polar surface area (TPSA) is 80.3 Å². The van der Waals surface area contributed by atoms with Crippen molar-refractivity contribution in [2.75, 3.05) is 38.6 Å². The first-order valence-electron chi connectivity index (χ1n) is 7.19. The Labute approximate surface area is 136 Å². The second-order valence-electron chi connectivity index (χ2n) is 5.19. The molecule has 0 aromatic carbocycles. The second kappa shape index (κ2) is 6.95. The van der Waals surface area contributed by atoms with Crippen LogP contribution in [0, 0.1) is 0 Å². The molecule has 0 saturated carbocycles. The molecular formula is C12H19F3N6OS. The third kappa shape index (κ3) is 4.08. The maximum absolute atomic E-state index is 12.6. The maximum atomic E-state index is 12.6. The Morgan fingerprint density at radius 3 is 2.39 bits per heavy atom. The van der Waals surface area contributed by atoms with Gasteiger partial charge < -0.3 is 15.6 Å². The smallest absolute Gasteiger partial charge is 0.339 e. The lowest BCUT2D eigenvalue weighted by molar-refractivity contribution is -0.146. The van der Waals surface area contributed by atoms with Gasteiger partial charge in [-0.3, -0.25) is 4.79 Å². The molecule has 2 rings (SSSR count). The first-order chi connectivity index (χ1) is 10.7. The average molecular weight is 352 g/mol. The van der Waals surface area contributed by atoms with E-state index in [4.69, 9.17) is 5.84 Å². The molecule has 0 bridgehead atoms. The van der Waals surface area contributed by atoms with E-state index in [-0.39, 0.29) is 11.1 Å². The summed E-state index contributed by atoms with van der Waals surface area (Å²) in [6, 6.07) is 0. The second-order valence-corrected chi connectivity index (χ2v) is 6.50. The van der Waals surface area contributed by atoms with Crippen molar-refractivity contribution < 1.29 is 18.0 Å². The summed E-state index contributed by atoms with van der Waals surface area (Å²) in [5.41, 5.74) is 0. The number of likely N-dealkylation sites (N-methyl/N-ethyl adjacent to an activating group) is 1. The van der Waals surface area contributed by atoms with Crippen molar-refractivity contribution in [3.63, 3.8) is 0 Å². The van der Waals surface area contributed by atoms with Gasteiger partial charge in [0.1, 0.15) is 0 Å². The van der Waals surface area contributed by atoms with Gasteiger partial charge in [-0.05, 0) is 13.5 Å². The van der Waals surface area contributed by atoms with Gasteiger partial charge >= 0.3 is 6.18 Å². The van der Waals surface area contributed by atoms with Gasteiger partial charge in [0, 0.05) is 26.2 Å². The standard InChI is InChI=1S/C12H19F3N6OS/c1-3-19-4-6-20(7-5-19)9(22)8(2)23-11-18-17-10(21(11)16)12(13,14)15/h8H,3-7,16H2,1-2H3. The average Bonchev–Trinajstić information content (AvgIpc) is 2.87. The Morgan fingerprint density at radius 2 is 1.91 bits per heavy atom. The fourth-order valence-corrected chi connectivity index (χ4v) is 3.15. The highest BCUT2D eigenvalue weighted by Gasteiger charge is 2.38. The number of hydrogen-bond acceptors (Lipinski definition) is 6. The molecule has 0 radical (unpaired) electrons. The van der Waals surface area contributed by atoms with Crippen LogP contribution >= 0.6 is 11.8 Å². The SMILES string of the molecule is CCN1CCN(C(=O)C(C)Sc2nnc(C(F)(F)F)n2N)CC1. The Hall–Kier alpha value is -1.49. The number of amides is 1. The van der Waals surface area contributed by atoms with Crippen LogP contribution in [0.15, 0.2) is 5.16 Å².